The molecule has 0 aliphatic heterocycles. The SMILES string of the molecule is O=[S+](c1ccccc1)(c1ccccc1)c1ccco1. The molecule has 0 unspecified atom stereocenters. The van der Waals surface area contributed by atoms with Gasteiger partial charge in [0.1, 0.15) is 0 Å². The Bertz CT molecular complexity index is 645. The second-order valence-corrected chi connectivity index (χ2v) is 6.57. The van der Waals surface area contributed by atoms with Crippen molar-refractivity contribution in [2.24, 2.45) is 0 Å². The molecular formula is C16H13O2S+. The van der Waals surface area contributed by atoms with Crippen molar-refractivity contribution in [2.45, 2.75) is 14.9 Å². The van der Waals surface area contributed by atoms with E-state index in [0.717, 1.165) is 9.79 Å². The maximum absolute atomic E-state index is 13.6. The Morgan fingerprint density at radius 2 is 1.21 bits per heavy atom. The molecular weight excluding hydrogens is 256 g/mol. The van der Waals surface area contributed by atoms with Crippen LogP contribution in [0.25, 0.3) is 0 Å². The second kappa shape index (κ2) is 4.86. The Kier molecular flexibility index (Phi) is 3.05. The van der Waals surface area contributed by atoms with Crippen molar-refractivity contribution >= 4 is 9.93 Å². The number of rotatable bonds is 3. The van der Waals surface area contributed by atoms with Gasteiger partial charge >= 0.3 is 5.09 Å². The van der Waals surface area contributed by atoms with Crippen molar-refractivity contribution in [3.05, 3.63) is 79.1 Å². The van der Waals surface area contributed by atoms with Crippen LogP contribution in [0.2, 0.25) is 0 Å². The van der Waals surface area contributed by atoms with Crippen molar-refractivity contribution in [1.29, 1.82) is 0 Å². The Balaban J connectivity index is 2.26. The van der Waals surface area contributed by atoms with Gasteiger partial charge in [-0.15, -0.1) is 0 Å². The fraction of sp³-hybridized carbons (Fsp3) is 0. The summed E-state index contributed by atoms with van der Waals surface area (Å²) in [5.74, 6) is 0. The smallest absolute Gasteiger partial charge is 0.326 e. The van der Waals surface area contributed by atoms with Crippen LogP contribution in [-0.2, 0) is 14.1 Å². The molecule has 0 saturated carbocycles. The van der Waals surface area contributed by atoms with Crippen molar-refractivity contribution in [3.8, 4) is 0 Å². The monoisotopic (exact) mass is 269 g/mol. The highest BCUT2D eigenvalue weighted by Crippen LogP contribution is 2.36. The lowest BCUT2D eigenvalue weighted by molar-refractivity contribution is 0.454. The van der Waals surface area contributed by atoms with Crippen LogP contribution >= 0.6 is 0 Å². The summed E-state index contributed by atoms with van der Waals surface area (Å²) in [4.78, 5) is 1.52. The molecule has 0 aliphatic rings. The zero-order valence-corrected chi connectivity index (χ0v) is 11.0. The minimum atomic E-state index is -2.55. The summed E-state index contributed by atoms with van der Waals surface area (Å²) in [6, 6.07) is 22.4. The Hall–Kier alpha value is -2.13. The first-order valence-electron chi connectivity index (χ1n) is 6.00. The third kappa shape index (κ3) is 2.02. The highest BCUT2D eigenvalue weighted by atomic mass is 32.2. The molecule has 19 heavy (non-hydrogen) atoms. The highest BCUT2D eigenvalue weighted by molar-refractivity contribution is 8.03. The van der Waals surface area contributed by atoms with Gasteiger partial charge < -0.3 is 4.42 Å². The predicted octanol–water partition coefficient (Wildman–Crippen LogP) is 4.26. The first-order chi connectivity index (χ1) is 9.32. The molecule has 0 fully saturated rings. The van der Waals surface area contributed by atoms with Gasteiger partial charge in [-0.05, 0) is 30.3 Å². The zero-order chi connectivity index (χ0) is 13.1. The maximum atomic E-state index is 13.6. The molecule has 0 N–H and O–H groups in total. The van der Waals surface area contributed by atoms with Gasteiger partial charge in [0, 0.05) is 6.07 Å². The van der Waals surface area contributed by atoms with E-state index in [-0.39, 0.29) is 0 Å². The van der Waals surface area contributed by atoms with Gasteiger partial charge in [0.05, 0.1) is 6.26 Å². The standard InChI is InChI=1S/C16H13O2S/c17-19(16-12-7-13-18-16,14-8-3-1-4-9-14)15-10-5-2-6-11-15/h1-13H/q+1. The van der Waals surface area contributed by atoms with Gasteiger partial charge in [-0.25, -0.2) is 0 Å². The first kappa shape index (κ1) is 11.9. The molecule has 3 heteroatoms. The Morgan fingerprint density at radius 1 is 0.684 bits per heavy atom. The largest absolute Gasteiger partial charge is 0.425 e. The van der Waals surface area contributed by atoms with Crippen LogP contribution in [0.15, 0.2) is 98.4 Å². The zero-order valence-electron chi connectivity index (χ0n) is 10.2. The topological polar surface area (TPSA) is 30.2 Å². The van der Waals surface area contributed by atoms with Crippen LogP contribution in [0.1, 0.15) is 0 Å². The molecule has 0 saturated heterocycles. The van der Waals surface area contributed by atoms with Crippen LogP contribution in [0, 0.1) is 0 Å². The summed E-state index contributed by atoms with van der Waals surface area (Å²) >= 11 is 0. The van der Waals surface area contributed by atoms with Crippen molar-refractivity contribution in [2.75, 3.05) is 0 Å². The molecule has 0 bridgehead atoms. The fourth-order valence-corrected chi connectivity index (χ4v) is 4.30. The molecule has 2 nitrogen and oxygen atoms in total. The van der Waals surface area contributed by atoms with E-state index in [2.05, 4.69) is 0 Å². The first-order valence-corrected chi connectivity index (χ1v) is 7.55. The van der Waals surface area contributed by atoms with E-state index < -0.39 is 9.93 Å². The molecule has 3 rings (SSSR count). The molecule has 0 spiro atoms. The number of hydrogen-bond acceptors (Lipinski definition) is 2. The van der Waals surface area contributed by atoms with Gasteiger partial charge in [-0.2, -0.15) is 0 Å². The lowest BCUT2D eigenvalue weighted by atomic mass is 10.4. The van der Waals surface area contributed by atoms with Crippen molar-refractivity contribution in [1.82, 2.24) is 0 Å². The molecule has 0 amide bonds. The number of benzene rings is 2. The Morgan fingerprint density at radius 3 is 1.63 bits per heavy atom. The van der Waals surface area contributed by atoms with E-state index in [1.54, 1.807) is 18.4 Å². The molecule has 1 heterocycles. The van der Waals surface area contributed by atoms with Gasteiger partial charge in [-0.3, -0.25) is 0 Å². The molecule has 2 aromatic carbocycles. The highest BCUT2D eigenvalue weighted by Gasteiger charge is 2.40. The molecule has 1 aromatic heterocycles. The van der Waals surface area contributed by atoms with Crippen LogP contribution in [0.5, 0.6) is 0 Å². The maximum Gasteiger partial charge on any atom is 0.326 e. The number of furan rings is 1. The van der Waals surface area contributed by atoms with Gasteiger partial charge in [0.2, 0.25) is 9.93 Å². The predicted molar refractivity (Wildman–Crippen MR) is 74.4 cm³/mol. The van der Waals surface area contributed by atoms with E-state index in [4.69, 9.17) is 4.42 Å². The summed E-state index contributed by atoms with van der Waals surface area (Å²) in [6.45, 7) is 0. The summed E-state index contributed by atoms with van der Waals surface area (Å²) in [5, 5.41) is 0.491. The second-order valence-electron chi connectivity index (χ2n) is 4.11. The van der Waals surface area contributed by atoms with E-state index >= 15 is 0 Å². The van der Waals surface area contributed by atoms with E-state index in [0.29, 0.717) is 5.09 Å². The van der Waals surface area contributed by atoms with E-state index in [1.807, 2.05) is 60.7 Å². The third-order valence-electron chi connectivity index (χ3n) is 2.93. The van der Waals surface area contributed by atoms with Gasteiger partial charge in [-0.1, -0.05) is 40.6 Å². The van der Waals surface area contributed by atoms with E-state index in [9.17, 15) is 4.21 Å². The van der Waals surface area contributed by atoms with Crippen molar-refractivity contribution in [3.63, 3.8) is 0 Å². The quantitative estimate of drug-likeness (QED) is 0.665. The average Bonchev–Trinajstić information content (AvgIpc) is 3.03. The Labute approximate surface area is 113 Å². The summed E-state index contributed by atoms with van der Waals surface area (Å²) in [5.41, 5.74) is 0. The molecule has 94 valence electrons. The molecule has 3 aromatic rings. The lowest BCUT2D eigenvalue weighted by Gasteiger charge is -2.08. The third-order valence-corrected chi connectivity index (χ3v) is 5.60. The van der Waals surface area contributed by atoms with Crippen LogP contribution < -0.4 is 0 Å². The van der Waals surface area contributed by atoms with E-state index in [1.165, 1.54) is 0 Å². The van der Waals surface area contributed by atoms with Gasteiger partial charge in [0.15, 0.2) is 9.79 Å². The normalized spacial score (nSPS) is 11.4. The summed E-state index contributed by atoms with van der Waals surface area (Å²) in [7, 11) is -2.55. The van der Waals surface area contributed by atoms with Crippen LogP contribution in [-0.4, -0.2) is 0 Å². The lowest BCUT2D eigenvalue weighted by Crippen LogP contribution is -2.11. The van der Waals surface area contributed by atoms with Crippen LogP contribution in [0.4, 0.5) is 0 Å². The van der Waals surface area contributed by atoms with Gasteiger partial charge in [0.25, 0.3) is 0 Å². The minimum Gasteiger partial charge on any atom is -0.425 e. The number of hydrogen-bond donors (Lipinski definition) is 0. The minimum absolute atomic E-state index is 0.491. The average molecular weight is 269 g/mol. The summed E-state index contributed by atoms with van der Waals surface area (Å²) in [6.07, 6.45) is 1.56. The van der Waals surface area contributed by atoms with Crippen LogP contribution in [0.3, 0.4) is 0 Å². The fourth-order valence-electron chi connectivity index (χ4n) is 2.02. The molecule has 0 radical (unpaired) electrons. The summed E-state index contributed by atoms with van der Waals surface area (Å²) < 4.78 is 19.0. The molecule has 0 aliphatic carbocycles. The van der Waals surface area contributed by atoms with Crippen molar-refractivity contribution < 1.29 is 8.63 Å². The molecule has 0 atom stereocenters.